The van der Waals surface area contributed by atoms with Crippen molar-refractivity contribution in [2.24, 2.45) is 0 Å². The van der Waals surface area contributed by atoms with E-state index in [0.29, 0.717) is 50.0 Å². The molecule has 26 heteroatoms. The highest BCUT2D eigenvalue weighted by Gasteiger charge is 2.43. The van der Waals surface area contributed by atoms with E-state index in [1.807, 2.05) is 22.8 Å². The van der Waals surface area contributed by atoms with Gasteiger partial charge in [-0.1, -0.05) is 177 Å². The Morgan fingerprint density at radius 1 is 0.283 bits per heavy atom. The van der Waals surface area contributed by atoms with Crippen LogP contribution in [0.25, 0.3) is 55.0 Å². The van der Waals surface area contributed by atoms with E-state index in [9.17, 15) is 79.0 Å². The van der Waals surface area contributed by atoms with Gasteiger partial charge < -0.3 is 9.13 Å². The van der Waals surface area contributed by atoms with Crippen LogP contribution in [0.4, 0.5) is 79.0 Å². The van der Waals surface area contributed by atoms with Crippen molar-refractivity contribution in [1.29, 1.82) is 0 Å². The highest BCUT2D eigenvalue weighted by Crippen LogP contribution is 2.41. The summed E-state index contributed by atoms with van der Waals surface area (Å²) < 4.78 is 248. The molecule has 0 atom stereocenters. The van der Waals surface area contributed by atoms with Gasteiger partial charge in [0.2, 0.25) is 0 Å². The molecule has 0 saturated carbocycles. The van der Waals surface area contributed by atoms with E-state index in [1.165, 1.54) is 40.6 Å². The lowest BCUT2D eigenvalue weighted by molar-refractivity contribution is -0.144. The molecule has 0 aliphatic rings. The molecular formula is C66H49Br2ClF18N2Si3. The predicted octanol–water partition coefficient (Wildman–Crippen LogP) is 21.2. The van der Waals surface area contributed by atoms with Gasteiger partial charge >= 0.3 is 37.1 Å². The highest BCUT2D eigenvalue weighted by molar-refractivity contribution is 9.10. The maximum atomic E-state index is 13.8. The summed E-state index contributed by atoms with van der Waals surface area (Å²) >= 11 is 13.1. The van der Waals surface area contributed by atoms with Crippen molar-refractivity contribution in [3.8, 4) is 11.4 Å². The molecule has 0 aliphatic carbocycles. The van der Waals surface area contributed by atoms with Crippen molar-refractivity contribution < 1.29 is 79.0 Å². The van der Waals surface area contributed by atoms with E-state index in [4.69, 9.17) is 11.1 Å². The number of hydrogen-bond acceptors (Lipinski definition) is 0. The van der Waals surface area contributed by atoms with Gasteiger partial charge in [-0.2, -0.15) is 90.1 Å². The minimum Gasteiger partial charge on any atom is -0.309 e. The molecule has 0 bridgehead atoms. The van der Waals surface area contributed by atoms with Crippen LogP contribution in [0, 0.1) is 0 Å². The van der Waals surface area contributed by atoms with Crippen LogP contribution in [0.3, 0.4) is 0 Å². The summed E-state index contributed by atoms with van der Waals surface area (Å²) in [6.45, 7) is 9.45. The van der Waals surface area contributed by atoms with E-state index in [1.54, 1.807) is 80.8 Å². The number of halogens is 21. The molecule has 0 fully saturated rings. The van der Waals surface area contributed by atoms with Crippen LogP contribution in [0.15, 0.2) is 197 Å². The summed E-state index contributed by atoms with van der Waals surface area (Å²) in [4.78, 5) is 0. The van der Waals surface area contributed by atoms with Crippen molar-refractivity contribution in [1.82, 2.24) is 9.13 Å². The van der Waals surface area contributed by atoms with Gasteiger partial charge in [-0.3, -0.25) is 0 Å². The lowest BCUT2D eigenvalue weighted by Gasteiger charge is -2.26. The lowest BCUT2D eigenvalue weighted by Crippen LogP contribution is -2.53. The number of para-hydroxylation sites is 2. The summed E-state index contributed by atoms with van der Waals surface area (Å²) in [5, 5.41) is 4.31. The van der Waals surface area contributed by atoms with Crippen LogP contribution in [0.2, 0.25) is 39.3 Å². The van der Waals surface area contributed by atoms with Gasteiger partial charge in [0.05, 0.1) is 55.4 Å². The fourth-order valence-corrected chi connectivity index (χ4v) is 17.5. The molecule has 0 spiro atoms. The molecule has 0 unspecified atom stereocenters. The molecule has 92 heavy (non-hydrogen) atoms. The SMILES string of the molecule is Brc1ccc2c(c1)c1cc(Br)ccc1n2-c1ccccc1.C[Si](C)(Cl)c1cc(C(F)(F)F)cc(C(F)(F)F)c1.C[Si](C)(c1cc(C(F)(F)F)cc(C(F)(F)F)c1)c1ccc2c(c1)c1cc([Si](C)(C)c3cc(C(F)(F)F)cc(C(F)(F)F)c3)ccc1n2-c1ccccc1. The number of benzene rings is 9. The van der Waals surface area contributed by atoms with Gasteiger partial charge in [0, 0.05) is 41.9 Å². The Labute approximate surface area is 539 Å². The fraction of sp³-hybridized carbons (Fsp3) is 0.182. The number of nitrogens with zero attached hydrogens (tertiary/aromatic N) is 2. The molecule has 2 nitrogen and oxygen atoms in total. The fourth-order valence-electron chi connectivity index (χ4n) is 10.7. The maximum Gasteiger partial charge on any atom is 0.416 e. The first-order valence-corrected chi connectivity index (χ1v) is 39.1. The van der Waals surface area contributed by atoms with Crippen molar-refractivity contribution in [3.05, 3.63) is 230 Å². The normalized spacial score (nSPS) is 13.2. The first-order valence-electron chi connectivity index (χ1n) is 27.5. The Morgan fingerprint density at radius 2 is 0.522 bits per heavy atom. The zero-order chi connectivity index (χ0) is 67.9. The standard InChI is InChI=1S/C38H29F12NSi2.C18H11Br2N.C10H9ClF6Si/c1-52(2,29-16-22(35(39,40)41)14-23(17-29)36(42,43)44)27-10-12-33-31(20-27)32-21-28(11-13-34(32)51(33)26-8-6-5-7-9-26)53(3,4)30-18-24(37(45,46)47)15-25(19-30)38(48,49)50;19-12-6-8-17-15(10-12)16-11-13(20)7-9-18(16)21(17)14-4-2-1-3-5-14;1-18(2,11)8-4-6(9(12,13)14)3-7(5-8)10(15,16)17/h5-21H,1-4H3;1-11H;3-5H,1-2H3. The van der Waals surface area contributed by atoms with E-state index < -0.39 is 94.0 Å². The summed E-state index contributed by atoms with van der Waals surface area (Å²) in [7, 11) is -9.41. The molecule has 0 amide bonds. The van der Waals surface area contributed by atoms with Gasteiger partial charge in [-0.25, -0.2) is 0 Å². The monoisotopic (exact) mass is 1490 g/mol. The zero-order valence-electron chi connectivity index (χ0n) is 48.7. The summed E-state index contributed by atoms with van der Waals surface area (Å²) in [5.74, 6) is 0. The van der Waals surface area contributed by atoms with Crippen LogP contribution in [-0.2, 0) is 37.1 Å². The van der Waals surface area contributed by atoms with Gasteiger partial charge in [-0.15, -0.1) is 0 Å². The van der Waals surface area contributed by atoms with Crippen LogP contribution in [-0.4, -0.2) is 32.7 Å². The third kappa shape index (κ3) is 14.8. The molecule has 2 aromatic heterocycles. The molecule has 9 aromatic carbocycles. The lowest BCUT2D eigenvalue weighted by atomic mass is 10.1. The van der Waals surface area contributed by atoms with Crippen molar-refractivity contribution in [3.63, 3.8) is 0 Å². The Hall–Kier alpha value is -6.78. The largest absolute Gasteiger partial charge is 0.416 e. The molecule has 11 rings (SSSR count). The minimum atomic E-state index is -5.04. The van der Waals surface area contributed by atoms with Crippen LogP contribution >= 0.6 is 42.9 Å². The average molecular weight is 1490 g/mol. The van der Waals surface area contributed by atoms with Gasteiger partial charge in [-0.05, 0) is 108 Å². The molecule has 2 heterocycles. The van der Waals surface area contributed by atoms with E-state index in [2.05, 4.69) is 97.1 Å². The second-order valence-corrected chi connectivity index (χ2v) is 40.2. The molecule has 0 saturated heterocycles. The topological polar surface area (TPSA) is 9.86 Å². The second kappa shape index (κ2) is 24.8. The van der Waals surface area contributed by atoms with E-state index >= 15 is 0 Å². The van der Waals surface area contributed by atoms with Crippen molar-refractivity contribution in [2.75, 3.05) is 0 Å². The van der Waals surface area contributed by atoms with E-state index in [0.717, 1.165) is 33.2 Å². The van der Waals surface area contributed by atoms with Crippen molar-refractivity contribution in [2.45, 2.75) is 76.3 Å². The average Bonchev–Trinajstić information content (AvgIpc) is 1.54. The van der Waals surface area contributed by atoms with E-state index in [-0.39, 0.29) is 33.8 Å². The Kier molecular flexibility index (Phi) is 18.8. The molecule has 482 valence electrons. The van der Waals surface area contributed by atoms with Crippen LogP contribution < -0.4 is 25.9 Å². The first kappa shape index (κ1) is 69.6. The third-order valence-corrected chi connectivity index (χ3v) is 26.1. The van der Waals surface area contributed by atoms with Crippen molar-refractivity contribution >= 4 is 136 Å². The summed E-state index contributed by atoms with van der Waals surface area (Å²) in [6.07, 6.45) is -29.8. The predicted molar refractivity (Wildman–Crippen MR) is 343 cm³/mol. The van der Waals surface area contributed by atoms with Gasteiger partial charge in [0.1, 0.15) is 16.1 Å². The zero-order valence-corrected chi connectivity index (χ0v) is 55.7. The van der Waals surface area contributed by atoms with Gasteiger partial charge in [0.15, 0.2) is 7.38 Å². The molecule has 0 radical (unpaired) electrons. The van der Waals surface area contributed by atoms with Gasteiger partial charge in [0.25, 0.3) is 0 Å². The van der Waals surface area contributed by atoms with Crippen LogP contribution in [0.5, 0.6) is 0 Å². The highest BCUT2D eigenvalue weighted by atomic mass is 79.9. The number of hydrogen-bond donors (Lipinski definition) is 0. The smallest absolute Gasteiger partial charge is 0.309 e. The summed E-state index contributed by atoms with van der Waals surface area (Å²) in [5.41, 5.74) is -2.78. The molecule has 11 aromatic rings. The Bertz CT molecular complexity index is 4210. The maximum absolute atomic E-state index is 13.8. The molecular weight excluding hydrogens is 1440 g/mol. The number of alkyl halides is 18. The Balaban J connectivity index is 0.000000207. The number of rotatable bonds is 7. The minimum absolute atomic E-state index is 0.0832. The van der Waals surface area contributed by atoms with Crippen LogP contribution in [0.1, 0.15) is 33.4 Å². The first-order chi connectivity index (χ1) is 42.3. The summed E-state index contributed by atoms with van der Waals surface area (Å²) in [6, 6.07) is 47.2. The second-order valence-electron chi connectivity index (χ2n) is 23.2. The number of fused-ring (bicyclic) bond motifs is 6. The molecule has 0 aliphatic heterocycles. The molecule has 0 N–H and O–H groups in total. The number of aromatic nitrogens is 2. The Morgan fingerprint density at radius 3 is 0.772 bits per heavy atom. The quantitative estimate of drug-likeness (QED) is 0.0855. The third-order valence-electron chi connectivity index (χ3n) is 15.8.